The summed E-state index contributed by atoms with van der Waals surface area (Å²) in [6.45, 7) is 0.605. The Bertz CT molecular complexity index is 778. The van der Waals surface area contributed by atoms with Crippen LogP contribution in [0.3, 0.4) is 0 Å². The van der Waals surface area contributed by atoms with Gasteiger partial charge in [0.1, 0.15) is 36.7 Å². The zero-order valence-corrected chi connectivity index (χ0v) is 18.6. The summed E-state index contributed by atoms with van der Waals surface area (Å²) in [5.74, 6) is 1.96. The van der Waals surface area contributed by atoms with Gasteiger partial charge in [-0.25, -0.2) is 0 Å². The summed E-state index contributed by atoms with van der Waals surface area (Å²) in [4.78, 5) is 13.5. The van der Waals surface area contributed by atoms with Gasteiger partial charge in [0.25, 0.3) is 0 Å². The number of carbonyl (C=O) groups is 1. The fourth-order valence-corrected chi connectivity index (χ4v) is 4.29. The fourth-order valence-electron chi connectivity index (χ4n) is 2.57. The van der Waals surface area contributed by atoms with E-state index < -0.39 is 8.15 Å². The van der Waals surface area contributed by atoms with Crippen LogP contribution in [-0.4, -0.2) is 73.1 Å². The van der Waals surface area contributed by atoms with Crippen LogP contribution in [0.25, 0.3) is 0 Å². The first-order chi connectivity index (χ1) is 13.6. The van der Waals surface area contributed by atoms with E-state index in [2.05, 4.69) is 0 Å². The van der Waals surface area contributed by atoms with Crippen LogP contribution < -0.4 is 24.3 Å². The van der Waals surface area contributed by atoms with E-state index in [1.54, 1.807) is 50.6 Å². The monoisotopic (exact) mass is 415 g/mol. The normalized spacial score (nSPS) is 11.2. The van der Waals surface area contributed by atoms with Gasteiger partial charge in [-0.15, -0.1) is 0 Å². The molecule has 0 amide bonds. The molecule has 0 aliphatic rings. The molecule has 0 spiro atoms. The first-order valence-electron chi connectivity index (χ1n) is 8.50. The molecule has 0 heterocycles. The van der Waals surface area contributed by atoms with Gasteiger partial charge in [0.2, 0.25) is 5.52 Å². The standard InChI is InChI=1S/C20H25O7P.Li/c1-22-11-12-27-28(18-10-9-14(23-2)13-17(18)26-5)20(21)19-15(24-3)7-6-8-16(19)25-4;/h6-10,13H,11-12H2,1-5H3;. The third-order valence-electron chi connectivity index (χ3n) is 3.94. The molecule has 0 saturated carbocycles. The van der Waals surface area contributed by atoms with E-state index in [1.807, 2.05) is 0 Å². The summed E-state index contributed by atoms with van der Waals surface area (Å²) >= 11 is 0. The number of ether oxygens (including phenoxy) is 5. The van der Waals surface area contributed by atoms with Gasteiger partial charge in [0.05, 0.1) is 47.0 Å². The van der Waals surface area contributed by atoms with Gasteiger partial charge in [-0.3, -0.25) is 4.79 Å². The van der Waals surface area contributed by atoms with E-state index in [9.17, 15) is 4.79 Å². The summed E-state index contributed by atoms with van der Waals surface area (Å²) < 4.78 is 32.5. The molecule has 0 fully saturated rings. The zero-order chi connectivity index (χ0) is 20.5. The average molecular weight is 415 g/mol. The van der Waals surface area contributed by atoms with E-state index in [0.717, 1.165) is 0 Å². The van der Waals surface area contributed by atoms with Crippen LogP contribution in [0.2, 0.25) is 0 Å². The number of rotatable bonds is 11. The summed E-state index contributed by atoms with van der Waals surface area (Å²) in [7, 11) is 5.94. The predicted octanol–water partition coefficient (Wildman–Crippen LogP) is 2.87. The SMILES string of the molecule is COCCOP(C(=O)c1c(OC)cccc1OC)c1ccc(OC)cc1OC.[Li]. The van der Waals surface area contributed by atoms with Crippen molar-refractivity contribution in [1.82, 2.24) is 0 Å². The Balaban J connectivity index is 0.00000420. The summed E-state index contributed by atoms with van der Waals surface area (Å²) in [6.07, 6.45) is 0. The third-order valence-corrected chi connectivity index (χ3v) is 5.78. The van der Waals surface area contributed by atoms with Crippen molar-refractivity contribution in [3.8, 4) is 23.0 Å². The summed E-state index contributed by atoms with van der Waals surface area (Å²) in [5, 5.41) is 0.632. The van der Waals surface area contributed by atoms with Crippen LogP contribution in [0.1, 0.15) is 10.4 Å². The van der Waals surface area contributed by atoms with Gasteiger partial charge < -0.3 is 28.2 Å². The summed E-state index contributed by atoms with van der Waals surface area (Å²) in [5.41, 5.74) is 0.0813. The molecule has 2 aromatic rings. The van der Waals surface area contributed by atoms with Gasteiger partial charge in [0.15, 0.2) is 0 Å². The molecule has 1 unspecified atom stereocenters. The Labute approximate surface area is 184 Å². The Morgan fingerprint density at radius 1 is 0.828 bits per heavy atom. The van der Waals surface area contributed by atoms with E-state index in [-0.39, 0.29) is 31.0 Å². The van der Waals surface area contributed by atoms with Crippen LogP contribution in [0.15, 0.2) is 36.4 Å². The quantitative estimate of drug-likeness (QED) is 0.318. The van der Waals surface area contributed by atoms with Crippen molar-refractivity contribution in [1.29, 1.82) is 0 Å². The van der Waals surface area contributed by atoms with Gasteiger partial charge in [-0.1, -0.05) is 6.07 Å². The molecule has 29 heavy (non-hydrogen) atoms. The maximum Gasteiger partial charge on any atom is 0.223 e. The molecule has 7 nitrogen and oxygen atoms in total. The molecular formula is C20H25LiO7P. The minimum atomic E-state index is -1.75. The van der Waals surface area contributed by atoms with Crippen molar-refractivity contribution in [2.45, 2.75) is 0 Å². The minimum Gasteiger partial charge on any atom is -0.497 e. The van der Waals surface area contributed by atoms with Crippen molar-refractivity contribution >= 4 is 37.8 Å². The molecule has 0 aliphatic heterocycles. The molecule has 2 rings (SSSR count). The fraction of sp³-hybridized carbons (Fsp3) is 0.350. The molecule has 0 saturated heterocycles. The van der Waals surface area contributed by atoms with Crippen LogP contribution in [0, 0.1) is 0 Å². The zero-order valence-electron chi connectivity index (χ0n) is 17.7. The maximum absolute atomic E-state index is 13.5. The molecular weight excluding hydrogens is 390 g/mol. The number of carbonyl (C=O) groups excluding carboxylic acids is 1. The predicted molar refractivity (Wildman–Crippen MR) is 114 cm³/mol. The second kappa shape index (κ2) is 12.7. The van der Waals surface area contributed by atoms with E-state index >= 15 is 0 Å². The Kier molecular flexibility index (Phi) is 11.1. The number of hydrogen-bond donors (Lipinski definition) is 0. The smallest absolute Gasteiger partial charge is 0.223 e. The maximum atomic E-state index is 13.5. The Hall–Kier alpha value is -1.74. The number of benzene rings is 2. The first kappa shape index (κ1) is 25.3. The second-order valence-electron chi connectivity index (χ2n) is 5.50. The topological polar surface area (TPSA) is 72.5 Å². The van der Waals surface area contributed by atoms with Crippen molar-refractivity contribution in [2.24, 2.45) is 0 Å². The molecule has 2 aromatic carbocycles. The van der Waals surface area contributed by atoms with Gasteiger partial charge in [-0.05, 0) is 24.3 Å². The Morgan fingerprint density at radius 3 is 1.97 bits per heavy atom. The molecule has 9 heteroatoms. The van der Waals surface area contributed by atoms with Crippen LogP contribution in [0.4, 0.5) is 0 Å². The van der Waals surface area contributed by atoms with E-state index in [4.69, 9.17) is 28.2 Å². The molecule has 0 aliphatic carbocycles. The molecule has 0 aromatic heterocycles. The van der Waals surface area contributed by atoms with Crippen molar-refractivity contribution < 1.29 is 33.0 Å². The molecule has 0 bridgehead atoms. The van der Waals surface area contributed by atoms with Crippen LogP contribution >= 0.6 is 8.15 Å². The molecule has 0 N–H and O–H groups in total. The summed E-state index contributed by atoms with van der Waals surface area (Å²) in [6, 6.07) is 10.4. The first-order valence-corrected chi connectivity index (χ1v) is 9.76. The number of hydrogen-bond acceptors (Lipinski definition) is 7. The number of methoxy groups -OCH3 is 5. The van der Waals surface area contributed by atoms with E-state index in [0.29, 0.717) is 40.5 Å². The Morgan fingerprint density at radius 2 is 1.45 bits per heavy atom. The largest absolute Gasteiger partial charge is 0.497 e. The minimum absolute atomic E-state index is 0. The van der Waals surface area contributed by atoms with E-state index in [1.165, 1.54) is 21.3 Å². The van der Waals surface area contributed by atoms with Crippen LogP contribution in [0.5, 0.6) is 23.0 Å². The van der Waals surface area contributed by atoms with Crippen LogP contribution in [-0.2, 0) is 9.26 Å². The van der Waals surface area contributed by atoms with Crippen molar-refractivity contribution in [3.05, 3.63) is 42.0 Å². The third kappa shape index (κ3) is 6.12. The van der Waals surface area contributed by atoms with Gasteiger partial charge in [-0.2, -0.15) is 0 Å². The molecule has 1 atom stereocenters. The van der Waals surface area contributed by atoms with Gasteiger partial charge >= 0.3 is 0 Å². The molecule has 153 valence electrons. The van der Waals surface area contributed by atoms with Gasteiger partial charge in [0, 0.05) is 32.0 Å². The van der Waals surface area contributed by atoms with Crippen molar-refractivity contribution in [3.63, 3.8) is 0 Å². The molecule has 1 radical (unpaired) electrons. The average Bonchev–Trinajstić information content (AvgIpc) is 2.75. The second-order valence-corrected chi connectivity index (χ2v) is 7.24. The van der Waals surface area contributed by atoms with Crippen molar-refractivity contribution in [2.75, 3.05) is 48.8 Å².